The molecule has 0 bridgehead atoms. The number of hydrogen-bond acceptors (Lipinski definition) is 3. The van der Waals surface area contributed by atoms with Gasteiger partial charge in [0.15, 0.2) is 0 Å². The second-order valence-corrected chi connectivity index (χ2v) is 6.47. The van der Waals surface area contributed by atoms with Crippen LogP contribution in [0.5, 0.6) is 0 Å². The molecular weight excluding hydrogens is 248 g/mol. The zero-order valence-corrected chi connectivity index (χ0v) is 11.3. The van der Waals surface area contributed by atoms with E-state index in [9.17, 15) is 8.42 Å². The summed E-state index contributed by atoms with van der Waals surface area (Å²) < 4.78 is 26.4. The summed E-state index contributed by atoms with van der Waals surface area (Å²) in [6.07, 6.45) is 2.87. The highest BCUT2D eigenvalue weighted by atomic mass is 32.2. The minimum absolute atomic E-state index is 0.333. The summed E-state index contributed by atoms with van der Waals surface area (Å²) >= 11 is 0. The number of nitrogens with two attached hydrogens (primary N) is 1. The van der Waals surface area contributed by atoms with Gasteiger partial charge in [0.1, 0.15) is 0 Å². The van der Waals surface area contributed by atoms with Gasteiger partial charge >= 0.3 is 0 Å². The molecule has 0 saturated heterocycles. The van der Waals surface area contributed by atoms with Crippen molar-refractivity contribution in [1.29, 1.82) is 0 Å². The zero-order chi connectivity index (χ0) is 13.2. The summed E-state index contributed by atoms with van der Waals surface area (Å²) in [6, 6.07) is 6.85. The van der Waals surface area contributed by atoms with Crippen molar-refractivity contribution in [2.45, 2.75) is 24.8 Å². The van der Waals surface area contributed by atoms with Crippen LogP contribution in [0.1, 0.15) is 18.9 Å². The van der Waals surface area contributed by atoms with Gasteiger partial charge in [-0.1, -0.05) is 23.8 Å². The maximum absolute atomic E-state index is 12.5. The molecule has 0 spiro atoms. The minimum Gasteiger partial charge on any atom is -0.326 e. The average Bonchev–Trinajstić information content (AvgIpc) is 2.39. The Morgan fingerprint density at radius 3 is 2.83 bits per heavy atom. The van der Waals surface area contributed by atoms with E-state index in [1.165, 1.54) is 4.31 Å². The molecule has 0 amide bonds. The quantitative estimate of drug-likeness (QED) is 0.843. The van der Waals surface area contributed by atoms with Gasteiger partial charge in [-0.25, -0.2) is 8.42 Å². The van der Waals surface area contributed by atoms with Crippen LogP contribution in [0.4, 0.5) is 0 Å². The lowest BCUT2D eigenvalue weighted by Gasteiger charge is -2.25. The first-order valence-corrected chi connectivity index (χ1v) is 7.43. The van der Waals surface area contributed by atoms with E-state index in [2.05, 4.69) is 6.08 Å². The van der Waals surface area contributed by atoms with Crippen LogP contribution in [0.25, 0.3) is 0 Å². The largest absolute Gasteiger partial charge is 0.326 e. The first-order chi connectivity index (χ1) is 8.54. The lowest BCUT2D eigenvalue weighted by molar-refractivity contribution is 0.428. The van der Waals surface area contributed by atoms with Crippen molar-refractivity contribution in [3.05, 3.63) is 41.5 Å². The zero-order valence-electron chi connectivity index (χ0n) is 10.5. The molecule has 18 heavy (non-hydrogen) atoms. The van der Waals surface area contributed by atoms with Gasteiger partial charge in [0, 0.05) is 19.6 Å². The van der Waals surface area contributed by atoms with Crippen LogP contribution >= 0.6 is 0 Å². The van der Waals surface area contributed by atoms with Crippen molar-refractivity contribution in [3.63, 3.8) is 0 Å². The Kier molecular flexibility index (Phi) is 3.85. The molecule has 4 nitrogen and oxygen atoms in total. The molecule has 1 aliphatic heterocycles. The van der Waals surface area contributed by atoms with E-state index in [0.29, 0.717) is 24.5 Å². The average molecular weight is 266 g/mol. The van der Waals surface area contributed by atoms with E-state index in [1.54, 1.807) is 18.2 Å². The third-order valence-corrected chi connectivity index (χ3v) is 4.91. The normalized spacial score (nSPS) is 17.6. The molecule has 1 heterocycles. The molecule has 98 valence electrons. The molecule has 0 atom stereocenters. The predicted octanol–water partition coefficient (Wildman–Crippen LogP) is 1.49. The monoisotopic (exact) mass is 266 g/mol. The Morgan fingerprint density at radius 2 is 2.17 bits per heavy atom. The smallest absolute Gasteiger partial charge is 0.243 e. The van der Waals surface area contributed by atoms with Crippen LogP contribution < -0.4 is 5.73 Å². The number of rotatable bonds is 3. The van der Waals surface area contributed by atoms with Crippen LogP contribution in [0.2, 0.25) is 0 Å². The van der Waals surface area contributed by atoms with Crippen LogP contribution in [0.15, 0.2) is 40.8 Å². The molecule has 1 aliphatic rings. The van der Waals surface area contributed by atoms with E-state index in [1.807, 2.05) is 13.0 Å². The Bertz CT molecular complexity index is 564. The maximum Gasteiger partial charge on any atom is 0.243 e. The van der Waals surface area contributed by atoms with Gasteiger partial charge < -0.3 is 5.73 Å². The molecular formula is C13H18N2O2S. The molecule has 2 N–H and O–H groups in total. The third-order valence-electron chi connectivity index (χ3n) is 3.07. The molecule has 1 aromatic carbocycles. The number of nitrogens with zero attached hydrogens (tertiary/aromatic N) is 1. The van der Waals surface area contributed by atoms with Crippen molar-refractivity contribution >= 4 is 10.0 Å². The van der Waals surface area contributed by atoms with Crippen LogP contribution in [-0.2, 0) is 16.6 Å². The SMILES string of the molecule is CC1=CCCN(S(=O)(=O)c2cccc(CN)c2)C1. The standard InChI is InChI=1S/C13H18N2O2S/c1-11-4-3-7-15(10-11)18(16,17)13-6-2-5-12(8-13)9-14/h2,4-6,8H,3,7,9-10,14H2,1H3. The molecule has 0 unspecified atom stereocenters. The second-order valence-electron chi connectivity index (χ2n) is 4.53. The number of benzene rings is 1. The first kappa shape index (κ1) is 13.3. The minimum atomic E-state index is -3.39. The van der Waals surface area contributed by atoms with E-state index < -0.39 is 10.0 Å². The highest BCUT2D eigenvalue weighted by Gasteiger charge is 2.25. The van der Waals surface area contributed by atoms with E-state index in [4.69, 9.17) is 5.73 Å². The van der Waals surface area contributed by atoms with Gasteiger partial charge in [-0.3, -0.25) is 0 Å². The topological polar surface area (TPSA) is 63.4 Å². The Hall–Kier alpha value is -1.17. The highest BCUT2D eigenvalue weighted by Crippen LogP contribution is 2.21. The fourth-order valence-electron chi connectivity index (χ4n) is 2.06. The van der Waals surface area contributed by atoms with Gasteiger partial charge in [-0.2, -0.15) is 4.31 Å². The lowest BCUT2D eigenvalue weighted by Crippen LogP contribution is -2.35. The molecule has 5 heteroatoms. The lowest BCUT2D eigenvalue weighted by atomic mass is 10.2. The van der Waals surface area contributed by atoms with E-state index in [-0.39, 0.29) is 0 Å². The van der Waals surface area contributed by atoms with Gasteiger partial charge in [0.25, 0.3) is 0 Å². The molecule has 0 aromatic heterocycles. The van der Waals surface area contributed by atoms with Crippen molar-refractivity contribution in [1.82, 2.24) is 4.31 Å². The van der Waals surface area contributed by atoms with Crippen LogP contribution in [0.3, 0.4) is 0 Å². The highest BCUT2D eigenvalue weighted by molar-refractivity contribution is 7.89. The molecule has 0 aliphatic carbocycles. The Labute approximate surface area is 108 Å². The third kappa shape index (κ3) is 2.63. The Morgan fingerprint density at radius 1 is 1.39 bits per heavy atom. The van der Waals surface area contributed by atoms with E-state index in [0.717, 1.165) is 17.6 Å². The van der Waals surface area contributed by atoms with Crippen molar-refractivity contribution < 1.29 is 8.42 Å². The van der Waals surface area contributed by atoms with Gasteiger partial charge in [0.2, 0.25) is 10.0 Å². The molecule has 2 rings (SSSR count). The van der Waals surface area contributed by atoms with Gasteiger partial charge in [-0.05, 0) is 31.0 Å². The first-order valence-electron chi connectivity index (χ1n) is 5.99. The number of sulfonamides is 1. The molecule has 0 radical (unpaired) electrons. The summed E-state index contributed by atoms with van der Waals surface area (Å²) in [4.78, 5) is 0.333. The fraction of sp³-hybridized carbons (Fsp3) is 0.385. The summed E-state index contributed by atoms with van der Waals surface area (Å²) in [5, 5.41) is 0. The molecule has 0 fully saturated rings. The van der Waals surface area contributed by atoms with Crippen molar-refractivity contribution in [2.24, 2.45) is 5.73 Å². The summed E-state index contributed by atoms with van der Waals surface area (Å²) in [6.45, 7) is 3.34. The summed E-state index contributed by atoms with van der Waals surface area (Å²) in [5.41, 5.74) is 7.48. The van der Waals surface area contributed by atoms with Gasteiger partial charge in [0.05, 0.1) is 4.90 Å². The number of hydrogen-bond donors (Lipinski definition) is 1. The van der Waals surface area contributed by atoms with Crippen molar-refractivity contribution in [3.8, 4) is 0 Å². The van der Waals surface area contributed by atoms with Crippen LogP contribution in [0, 0.1) is 0 Å². The van der Waals surface area contributed by atoms with Gasteiger partial charge in [-0.15, -0.1) is 0 Å². The summed E-state index contributed by atoms with van der Waals surface area (Å²) in [5.74, 6) is 0. The maximum atomic E-state index is 12.5. The second kappa shape index (κ2) is 5.22. The van der Waals surface area contributed by atoms with Crippen LogP contribution in [-0.4, -0.2) is 25.8 Å². The fourth-order valence-corrected chi connectivity index (χ4v) is 3.63. The molecule has 0 saturated carbocycles. The molecule has 1 aromatic rings. The van der Waals surface area contributed by atoms with Crippen molar-refractivity contribution in [2.75, 3.05) is 13.1 Å². The summed E-state index contributed by atoms with van der Waals surface area (Å²) in [7, 11) is -3.39. The Balaban J connectivity index is 2.33. The van der Waals surface area contributed by atoms with E-state index >= 15 is 0 Å². The predicted molar refractivity (Wildman–Crippen MR) is 71.5 cm³/mol.